The maximum atomic E-state index is 13.5. The summed E-state index contributed by atoms with van der Waals surface area (Å²) in [5.41, 5.74) is 4.15. The van der Waals surface area contributed by atoms with Crippen molar-refractivity contribution in [3.8, 4) is 0 Å². The van der Waals surface area contributed by atoms with E-state index in [-0.39, 0.29) is 11.8 Å². The first-order chi connectivity index (χ1) is 20.6. The van der Waals surface area contributed by atoms with Crippen molar-refractivity contribution in [2.24, 2.45) is 0 Å². The first kappa shape index (κ1) is 26.4. The van der Waals surface area contributed by atoms with E-state index in [4.69, 9.17) is 16.6 Å². The summed E-state index contributed by atoms with van der Waals surface area (Å²) in [6.07, 6.45) is 4.62. The number of hydrogen-bond donors (Lipinski definition) is 0. The van der Waals surface area contributed by atoms with Crippen molar-refractivity contribution in [3.05, 3.63) is 113 Å². The van der Waals surface area contributed by atoms with E-state index in [2.05, 4.69) is 20.7 Å². The molecule has 3 heterocycles. The molecule has 0 fully saturated rings. The molecule has 0 bridgehead atoms. The monoisotopic (exact) mass is 592 g/mol. The van der Waals surface area contributed by atoms with Gasteiger partial charge in [0.2, 0.25) is 0 Å². The van der Waals surface area contributed by atoms with E-state index >= 15 is 0 Å². The van der Waals surface area contributed by atoms with Crippen molar-refractivity contribution < 1.29 is 9.59 Å². The number of imidazole rings is 1. The van der Waals surface area contributed by atoms with E-state index in [1.54, 1.807) is 11.0 Å². The Balaban J connectivity index is 1.20. The van der Waals surface area contributed by atoms with Crippen LogP contribution in [-0.2, 0) is 13.1 Å². The van der Waals surface area contributed by atoms with Crippen LogP contribution >= 0.6 is 23.4 Å². The molecule has 1 aliphatic rings. The van der Waals surface area contributed by atoms with Gasteiger partial charge in [0.15, 0.2) is 5.16 Å². The van der Waals surface area contributed by atoms with Crippen LogP contribution in [0.1, 0.15) is 39.1 Å². The normalized spacial score (nSPS) is 13.0. The number of rotatable bonds is 9. The molecule has 0 N–H and O–H groups in total. The molecule has 2 amide bonds. The molecule has 42 heavy (non-hydrogen) atoms. The van der Waals surface area contributed by atoms with Crippen LogP contribution in [0, 0.1) is 0 Å². The number of imide groups is 1. The Bertz CT molecular complexity index is 1930. The number of nitrogens with zero attached hydrogens (tertiary/aromatic N) is 6. The van der Waals surface area contributed by atoms with Crippen LogP contribution in [0.25, 0.3) is 21.8 Å². The lowest BCUT2D eigenvalue weighted by molar-refractivity contribution is 0.0607. The van der Waals surface area contributed by atoms with Crippen molar-refractivity contribution in [1.29, 1.82) is 0 Å². The van der Waals surface area contributed by atoms with Gasteiger partial charge in [-0.05, 0) is 66.3 Å². The summed E-state index contributed by atoms with van der Waals surface area (Å²) < 4.78 is 3.94. The highest BCUT2D eigenvalue weighted by Gasteiger charge is 2.33. The SMILES string of the molecule is O=C1c2cccc3c(Sc4nc5ccccc5n4Cc4ccc(Cl)cc4)ccc(c23)C(=O)N1CCCCn1cncn1. The van der Waals surface area contributed by atoms with E-state index in [1.807, 2.05) is 72.8 Å². The maximum absolute atomic E-state index is 13.5. The Kier molecular flexibility index (Phi) is 6.97. The fraction of sp³-hybridized carbons (Fsp3) is 0.156. The Morgan fingerprint density at radius 3 is 2.40 bits per heavy atom. The zero-order valence-corrected chi connectivity index (χ0v) is 24.1. The lowest BCUT2D eigenvalue weighted by atomic mass is 9.94. The van der Waals surface area contributed by atoms with Gasteiger partial charge in [-0.25, -0.2) is 9.97 Å². The molecular formula is C32H25ClN6O2S. The van der Waals surface area contributed by atoms with Crippen LogP contribution in [0.5, 0.6) is 0 Å². The Morgan fingerprint density at radius 2 is 1.60 bits per heavy atom. The number of benzene rings is 4. The van der Waals surface area contributed by atoms with E-state index in [0.717, 1.165) is 38.5 Å². The van der Waals surface area contributed by atoms with Crippen molar-refractivity contribution in [2.75, 3.05) is 6.54 Å². The molecule has 0 saturated carbocycles. The van der Waals surface area contributed by atoms with Gasteiger partial charge in [-0.2, -0.15) is 5.10 Å². The summed E-state index contributed by atoms with van der Waals surface area (Å²) in [5, 5.41) is 7.21. The summed E-state index contributed by atoms with van der Waals surface area (Å²) in [5.74, 6) is -0.507. The predicted octanol–water partition coefficient (Wildman–Crippen LogP) is 6.71. The molecule has 2 aromatic heterocycles. The van der Waals surface area contributed by atoms with Crippen LogP contribution in [0.4, 0.5) is 0 Å². The van der Waals surface area contributed by atoms with Gasteiger partial charge < -0.3 is 4.57 Å². The van der Waals surface area contributed by atoms with Gasteiger partial charge in [0.05, 0.1) is 17.6 Å². The van der Waals surface area contributed by atoms with Crippen LogP contribution in [0.3, 0.4) is 0 Å². The molecule has 0 atom stereocenters. The average molecular weight is 593 g/mol. The molecule has 0 spiro atoms. The predicted molar refractivity (Wildman–Crippen MR) is 163 cm³/mol. The van der Waals surface area contributed by atoms with Crippen molar-refractivity contribution >= 4 is 57.0 Å². The summed E-state index contributed by atoms with van der Waals surface area (Å²) >= 11 is 7.66. The number of para-hydroxylation sites is 2. The van der Waals surface area contributed by atoms with Crippen molar-refractivity contribution in [3.63, 3.8) is 0 Å². The number of amides is 2. The second-order valence-corrected chi connectivity index (χ2v) is 11.6. The first-order valence-electron chi connectivity index (χ1n) is 13.7. The molecule has 208 valence electrons. The highest BCUT2D eigenvalue weighted by molar-refractivity contribution is 7.99. The molecule has 4 aromatic carbocycles. The molecule has 0 saturated heterocycles. The number of halogens is 1. The van der Waals surface area contributed by atoms with Crippen LogP contribution in [0.15, 0.2) is 102 Å². The van der Waals surface area contributed by atoms with Crippen LogP contribution in [-0.4, -0.2) is 47.6 Å². The lowest BCUT2D eigenvalue weighted by Gasteiger charge is -2.27. The minimum Gasteiger partial charge on any atom is -0.314 e. The average Bonchev–Trinajstić information content (AvgIpc) is 3.65. The van der Waals surface area contributed by atoms with Gasteiger partial charge in [-0.15, -0.1) is 0 Å². The fourth-order valence-corrected chi connectivity index (χ4v) is 6.61. The van der Waals surface area contributed by atoms with Gasteiger partial charge in [0.1, 0.15) is 12.7 Å². The first-order valence-corrected chi connectivity index (χ1v) is 14.9. The standard InChI is InChI=1S/C32H25ClN6O2S/c33-22-12-10-21(11-13-22)18-39-27-9-2-1-8-26(27)36-32(39)42-28-15-14-25-29-23(28)6-5-7-24(29)30(40)38(31(25)41)17-4-3-16-37-20-34-19-35-37/h1-2,5-15,19-20H,3-4,16-18H2. The molecule has 6 aromatic rings. The molecule has 10 heteroatoms. The van der Waals surface area contributed by atoms with E-state index in [0.29, 0.717) is 47.6 Å². The number of unbranched alkanes of at least 4 members (excludes halogenated alkanes) is 1. The van der Waals surface area contributed by atoms with Crippen LogP contribution in [0.2, 0.25) is 5.02 Å². The van der Waals surface area contributed by atoms with Gasteiger partial charge in [-0.1, -0.05) is 59.8 Å². The molecule has 0 radical (unpaired) electrons. The van der Waals surface area contributed by atoms with E-state index in [1.165, 1.54) is 23.0 Å². The quantitative estimate of drug-likeness (QED) is 0.137. The summed E-state index contributed by atoms with van der Waals surface area (Å²) in [6, 6.07) is 25.4. The van der Waals surface area contributed by atoms with Crippen molar-refractivity contribution in [1.82, 2.24) is 29.2 Å². The highest BCUT2D eigenvalue weighted by Crippen LogP contribution is 2.39. The van der Waals surface area contributed by atoms with Gasteiger partial charge in [-0.3, -0.25) is 19.2 Å². The lowest BCUT2D eigenvalue weighted by Crippen LogP contribution is -2.41. The molecule has 1 aliphatic heterocycles. The fourth-order valence-electron chi connectivity index (χ4n) is 5.46. The molecule has 8 nitrogen and oxygen atoms in total. The second-order valence-electron chi connectivity index (χ2n) is 10.2. The van der Waals surface area contributed by atoms with Gasteiger partial charge in [0.25, 0.3) is 11.8 Å². The number of aryl methyl sites for hydroxylation is 1. The number of hydrogen-bond acceptors (Lipinski definition) is 6. The van der Waals surface area contributed by atoms with Crippen LogP contribution < -0.4 is 0 Å². The Labute approximate surface area is 250 Å². The third-order valence-corrected chi connectivity index (χ3v) is 8.83. The third kappa shape index (κ3) is 4.84. The zero-order chi connectivity index (χ0) is 28.6. The molecule has 0 unspecified atom stereocenters. The highest BCUT2D eigenvalue weighted by atomic mass is 35.5. The molecular weight excluding hydrogens is 568 g/mol. The number of aromatic nitrogens is 5. The third-order valence-electron chi connectivity index (χ3n) is 7.51. The topological polar surface area (TPSA) is 85.9 Å². The number of carbonyl (C=O) groups excluding carboxylic acids is 2. The smallest absolute Gasteiger partial charge is 0.261 e. The number of fused-ring (bicyclic) bond motifs is 1. The minimum atomic E-state index is -0.254. The summed E-state index contributed by atoms with van der Waals surface area (Å²) in [4.78, 5) is 38.3. The molecule has 0 aliphatic carbocycles. The largest absolute Gasteiger partial charge is 0.314 e. The minimum absolute atomic E-state index is 0.254. The second kappa shape index (κ2) is 11.1. The Morgan fingerprint density at radius 1 is 0.810 bits per heavy atom. The van der Waals surface area contributed by atoms with E-state index < -0.39 is 0 Å². The van der Waals surface area contributed by atoms with Gasteiger partial charge in [0, 0.05) is 39.5 Å². The summed E-state index contributed by atoms with van der Waals surface area (Å²) in [7, 11) is 0. The molecule has 7 rings (SSSR count). The maximum Gasteiger partial charge on any atom is 0.261 e. The summed E-state index contributed by atoms with van der Waals surface area (Å²) in [6.45, 7) is 1.67. The zero-order valence-electron chi connectivity index (χ0n) is 22.5. The Hall–Kier alpha value is -4.47. The van der Waals surface area contributed by atoms with Gasteiger partial charge >= 0.3 is 0 Å². The number of carbonyl (C=O) groups is 2. The van der Waals surface area contributed by atoms with Crippen molar-refractivity contribution in [2.45, 2.75) is 36.0 Å². The van der Waals surface area contributed by atoms with E-state index in [9.17, 15) is 9.59 Å².